The summed E-state index contributed by atoms with van der Waals surface area (Å²) in [6.07, 6.45) is 0. The van der Waals surface area contributed by atoms with E-state index in [1.807, 2.05) is 30.3 Å². The number of benzene rings is 8. The smallest absolute Gasteiger partial charge is 0.161 e. The van der Waals surface area contributed by atoms with Crippen LogP contribution in [0.2, 0.25) is 0 Å². The van der Waals surface area contributed by atoms with Crippen molar-refractivity contribution in [2.45, 2.75) is 0 Å². The maximum atomic E-state index is 6.62. The zero-order valence-electron chi connectivity index (χ0n) is 28.9. The van der Waals surface area contributed by atoms with Gasteiger partial charge in [0.1, 0.15) is 22.3 Å². The Balaban J connectivity index is 1.11. The summed E-state index contributed by atoms with van der Waals surface area (Å²) in [4.78, 5) is 10.7. The molecular formula is C50H28N2O2. The summed E-state index contributed by atoms with van der Waals surface area (Å²) >= 11 is 0. The molecule has 12 aromatic rings. The number of para-hydroxylation sites is 3. The van der Waals surface area contributed by atoms with Crippen molar-refractivity contribution in [3.05, 3.63) is 170 Å². The highest BCUT2D eigenvalue weighted by atomic mass is 16.3. The van der Waals surface area contributed by atoms with E-state index in [2.05, 4.69) is 140 Å². The quantitative estimate of drug-likeness (QED) is 0.173. The molecule has 4 nitrogen and oxygen atoms in total. The monoisotopic (exact) mass is 688 g/mol. The number of furan rings is 2. The van der Waals surface area contributed by atoms with Crippen molar-refractivity contribution in [2.75, 3.05) is 0 Å². The summed E-state index contributed by atoms with van der Waals surface area (Å²) in [7, 11) is 0. The number of hydrogen-bond donors (Lipinski definition) is 0. The predicted molar refractivity (Wildman–Crippen MR) is 223 cm³/mol. The summed E-state index contributed by atoms with van der Waals surface area (Å²) in [6.45, 7) is 0. The van der Waals surface area contributed by atoms with Gasteiger partial charge in [0, 0.05) is 48.8 Å². The Kier molecular flexibility index (Phi) is 6.02. The van der Waals surface area contributed by atoms with Crippen LogP contribution in [0.3, 0.4) is 0 Å². The van der Waals surface area contributed by atoms with Crippen LogP contribution in [0.15, 0.2) is 179 Å². The molecule has 4 heteroatoms. The summed E-state index contributed by atoms with van der Waals surface area (Å²) in [5.74, 6) is 0. The van der Waals surface area contributed by atoms with Gasteiger partial charge in [-0.3, -0.25) is 0 Å². The second kappa shape index (κ2) is 11.1. The lowest BCUT2D eigenvalue weighted by molar-refractivity contribution is 0.668. The van der Waals surface area contributed by atoms with E-state index in [-0.39, 0.29) is 0 Å². The van der Waals surface area contributed by atoms with Crippen molar-refractivity contribution in [1.29, 1.82) is 0 Å². The van der Waals surface area contributed by atoms with Crippen LogP contribution >= 0.6 is 0 Å². The molecule has 54 heavy (non-hydrogen) atoms. The second-order valence-corrected chi connectivity index (χ2v) is 14.0. The highest BCUT2D eigenvalue weighted by Gasteiger charge is 2.22. The van der Waals surface area contributed by atoms with E-state index in [9.17, 15) is 0 Å². The van der Waals surface area contributed by atoms with E-state index in [1.54, 1.807) is 0 Å². The van der Waals surface area contributed by atoms with Gasteiger partial charge in [0.15, 0.2) is 5.58 Å². The van der Waals surface area contributed by atoms with Crippen molar-refractivity contribution in [3.8, 4) is 33.6 Å². The molecule has 0 saturated carbocycles. The van der Waals surface area contributed by atoms with Crippen LogP contribution in [-0.4, -0.2) is 9.97 Å². The van der Waals surface area contributed by atoms with Gasteiger partial charge < -0.3 is 8.83 Å². The Morgan fingerprint density at radius 2 is 0.926 bits per heavy atom. The summed E-state index contributed by atoms with van der Waals surface area (Å²) in [5.41, 5.74) is 11.3. The summed E-state index contributed by atoms with van der Waals surface area (Å²) < 4.78 is 13.1. The predicted octanol–water partition coefficient (Wildman–Crippen LogP) is 13.9. The van der Waals surface area contributed by atoms with Crippen molar-refractivity contribution >= 4 is 87.2 Å². The standard InChI is InChI=1S/C50H28N2O2/c1-2-12-30(13-3-1)46-40-28-39(32-14-4-5-16-34(32)44(40)36-17-6-9-19-41(36)51-46)29-22-24-31(25-23-29)47-45-37-18-8-11-21-43(37)53-49(45)38-27-26-35-33-15-7-10-20-42(33)54-50(35)48(38)52-47/h1-28H. The average Bonchev–Trinajstić information content (AvgIpc) is 3.83. The molecule has 0 aliphatic rings. The van der Waals surface area contributed by atoms with Gasteiger partial charge in [0.25, 0.3) is 0 Å². The lowest BCUT2D eigenvalue weighted by Gasteiger charge is -2.16. The molecule has 0 saturated heterocycles. The third-order valence-electron chi connectivity index (χ3n) is 11.0. The van der Waals surface area contributed by atoms with Gasteiger partial charge in [-0.1, -0.05) is 133 Å². The number of rotatable bonds is 3. The van der Waals surface area contributed by atoms with Crippen LogP contribution in [0.25, 0.3) is 121 Å². The van der Waals surface area contributed by atoms with Crippen molar-refractivity contribution in [1.82, 2.24) is 9.97 Å². The van der Waals surface area contributed by atoms with E-state index in [1.165, 1.54) is 16.2 Å². The van der Waals surface area contributed by atoms with Crippen LogP contribution < -0.4 is 0 Å². The molecule has 4 heterocycles. The third kappa shape index (κ3) is 4.13. The largest absolute Gasteiger partial charge is 0.455 e. The van der Waals surface area contributed by atoms with Gasteiger partial charge in [-0.05, 0) is 58.3 Å². The molecule has 0 aliphatic carbocycles. The molecule has 0 atom stereocenters. The molecule has 0 fully saturated rings. The van der Waals surface area contributed by atoms with E-state index < -0.39 is 0 Å². The first-order chi connectivity index (χ1) is 26.8. The summed E-state index contributed by atoms with van der Waals surface area (Å²) in [6, 6.07) is 59.5. The van der Waals surface area contributed by atoms with Crippen LogP contribution in [0, 0.1) is 0 Å². The van der Waals surface area contributed by atoms with Crippen molar-refractivity contribution < 1.29 is 8.83 Å². The fourth-order valence-electron chi connectivity index (χ4n) is 8.59. The lowest BCUT2D eigenvalue weighted by Crippen LogP contribution is -1.93. The Morgan fingerprint density at radius 1 is 0.333 bits per heavy atom. The van der Waals surface area contributed by atoms with Gasteiger partial charge in [-0.2, -0.15) is 0 Å². The number of nitrogens with zero attached hydrogens (tertiary/aromatic N) is 2. The molecule has 0 radical (unpaired) electrons. The summed E-state index contributed by atoms with van der Waals surface area (Å²) in [5, 5.41) is 11.0. The van der Waals surface area contributed by atoms with Crippen molar-refractivity contribution in [2.24, 2.45) is 0 Å². The minimum Gasteiger partial charge on any atom is -0.455 e. The first kappa shape index (κ1) is 29.3. The van der Waals surface area contributed by atoms with Crippen LogP contribution in [-0.2, 0) is 0 Å². The average molecular weight is 689 g/mol. The zero-order valence-corrected chi connectivity index (χ0v) is 28.9. The normalized spacial score (nSPS) is 12.1. The van der Waals surface area contributed by atoms with E-state index in [4.69, 9.17) is 18.8 Å². The Bertz CT molecular complexity index is 3490. The van der Waals surface area contributed by atoms with Gasteiger partial charge in [-0.25, -0.2) is 9.97 Å². The van der Waals surface area contributed by atoms with Gasteiger partial charge in [-0.15, -0.1) is 0 Å². The fraction of sp³-hybridized carbons (Fsp3) is 0. The Hall–Kier alpha value is -7.30. The number of aromatic nitrogens is 2. The molecule has 0 bridgehead atoms. The van der Waals surface area contributed by atoms with Gasteiger partial charge in [0.2, 0.25) is 0 Å². The molecule has 0 amide bonds. The maximum absolute atomic E-state index is 6.62. The Morgan fingerprint density at radius 3 is 1.74 bits per heavy atom. The lowest BCUT2D eigenvalue weighted by atomic mass is 9.89. The molecule has 4 aromatic heterocycles. The van der Waals surface area contributed by atoms with Crippen LogP contribution in [0.4, 0.5) is 0 Å². The molecule has 12 rings (SSSR count). The second-order valence-electron chi connectivity index (χ2n) is 14.0. The highest BCUT2D eigenvalue weighted by molar-refractivity contribution is 6.26. The van der Waals surface area contributed by atoms with Crippen LogP contribution in [0.5, 0.6) is 0 Å². The first-order valence-corrected chi connectivity index (χ1v) is 18.2. The highest BCUT2D eigenvalue weighted by Crippen LogP contribution is 2.45. The van der Waals surface area contributed by atoms with E-state index >= 15 is 0 Å². The molecule has 0 spiro atoms. The number of hydrogen-bond acceptors (Lipinski definition) is 4. The molecule has 250 valence electrons. The number of fused-ring (bicyclic) bond motifs is 14. The zero-order chi connectivity index (χ0) is 35.3. The molecule has 0 N–H and O–H groups in total. The third-order valence-corrected chi connectivity index (χ3v) is 11.0. The molecule has 0 unspecified atom stereocenters. The van der Waals surface area contributed by atoms with E-state index in [0.717, 1.165) is 105 Å². The maximum Gasteiger partial charge on any atom is 0.161 e. The molecular weight excluding hydrogens is 661 g/mol. The first-order valence-electron chi connectivity index (χ1n) is 18.2. The van der Waals surface area contributed by atoms with E-state index in [0.29, 0.717) is 0 Å². The van der Waals surface area contributed by atoms with Gasteiger partial charge in [0.05, 0.1) is 22.3 Å². The Labute approximate surface area is 308 Å². The van der Waals surface area contributed by atoms with Gasteiger partial charge >= 0.3 is 0 Å². The van der Waals surface area contributed by atoms with Crippen LogP contribution in [0.1, 0.15) is 0 Å². The minimum atomic E-state index is 0.770. The van der Waals surface area contributed by atoms with Crippen molar-refractivity contribution in [3.63, 3.8) is 0 Å². The SMILES string of the molecule is c1ccc(-c2nc3ccccc3c3c2cc(-c2ccc(-c4nc5c(ccc6c7ccccc7oc65)c5oc6ccccc6c45)cc2)c2ccccc23)cc1. The fourth-order valence-corrected chi connectivity index (χ4v) is 8.59. The minimum absolute atomic E-state index is 0.770. The topological polar surface area (TPSA) is 52.1 Å². The number of pyridine rings is 2. The molecule has 0 aliphatic heterocycles. The molecule has 8 aromatic carbocycles.